The fraction of sp³-hybridized carbons (Fsp3) is 0.944. The van der Waals surface area contributed by atoms with Crippen LogP contribution in [0.1, 0.15) is 79.1 Å². The minimum atomic E-state index is -2.43. The maximum absolute atomic E-state index is 12.2. The Balaban J connectivity index is 5.59. The van der Waals surface area contributed by atoms with Crippen LogP contribution in [0.2, 0.25) is 0 Å². The van der Waals surface area contributed by atoms with E-state index in [9.17, 15) is 4.79 Å². The van der Waals surface area contributed by atoms with Crippen LogP contribution in [0.15, 0.2) is 0 Å². The number of carbonyl (C=O) groups excluding carboxylic acids is 1. The first-order chi connectivity index (χ1) is 10.5. The summed E-state index contributed by atoms with van der Waals surface area (Å²) < 4.78 is 6.35. The van der Waals surface area contributed by atoms with Crippen LogP contribution in [-0.2, 0) is 9.32 Å². The number of unbranched alkanes of at least 4 members (excludes halogenated alkanes) is 4. The van der Waals surface area contributed by atoms with Gasteiger partial charge >= 0.3 is 138 Å². The molecule has 22 heavy (non-hydrogen) atoms. The van der Waals surface area contributed by atoms with E-state index >= 15 is 0 Å². The van der Waals surface area contributed by atoms with E-state index in [2.05, 4.69) is 27.7 Å². The summed E-state index contributed by atoms with van der Waals surface area (Å²) in [7, 11) is 0. The molecule has 0 aliphatic heterocycles. The summed E-state index contributed by atoms with van der Waals surface area (Å²) in [5.41, 5.74) is 5.60. The second-order valence-corrected chi connectivity index (χ2v) is 12.5. The third kappa shape index (κ3) is 6.96. The van der Waals surface area contributed by atoms with Gasteiger partial charge in [-0.15, -0.1) is 0 Å². The third-order valence-corrected chi connectivity index (χ3v) is 11.3. The van der Waals surface area contributed by atoms with Gasteiger partial charge in [0.2, 0.25) is 0 Å². The molecule has 134 valence electrons. The number of carbonyl (C=O) groups is 1. The quantitative estimate of drug-likeness (QED) is 0.447. The zero-order chi connectivity index (χ0) is 16.9. The molecule has 0 saturated carbocycles. The molecule has 3 nitrogen and oxygen atoms in total. The van der Waals surface area contributed by atoms with Crippen molar-refractivity contribution in [1.82, 2.24) is 0 Å². The van der Waals surface area contributed by atoms with Crippen LogP contribution in [0.4, 0.5) is 0 Å². The van der Waals surface area contributed by atoms with Crippen LogP contribution in [0.5, 0.6) is 0 Å². The first kappa shape index (κ1) is 21.9. The maximum atomic E-state index is 12.2. The zero-order valence-electron chi connectivity index (χ0n) is 15.5. The van der Waals surface area contributed by atoms with Gasteiger partial charge in [-0.1, -0.05) is 0 Å². The summed E-state index contributed by atoms with van der Waals surface area (Å²) >= 11 is 0. The molecule has 0 aromatic rings. The van der Waals surface area contributed by atoms with Gasteiger partial charge < -0.3 is 0 Å². The molecule has 0 unspecified atom stereocenters. The van der Waals surface area contributed by atoms with Gasteiger partial charge in [0.15, 0.2) is 0 Å². The molecule has 0 bridgehead atoms. The molecule has 0 rings (SSSR count). The van der Waals surface area contributed by atoms with Crippen LogP contribution in [0, 0.1) is 0 Å². The Kier molecular flexibility index (Phi) is 11.3. The van der Waals surface area contributed by atoms with Crippen molar-refractivity contribution in [3.8, 4) is 0 Å². The minimum absolute atomic E-state index is 0.0222. The molecular formula is C18H40NO2P. The molecule has 0 aliphatic rings. The number of hydrogen-bond acceptors (Lipinski definition) is 3. The Morgan fingerprint density at radius 1 is 0.773 bits per heavy atom. The Morgan fingerprint density at radius 2 is 1.09 bits per heavy atom. The average Bonchev–Trinajstić information content (AvgIpc) is 2.55. The molecule has 0 atom stereocenters. The Hall–Kier alpha value is -0.140. The van der Waals surface area contributed by atoms with Crippen molar-refractivity contribution in [2.24, 2.45) is 5.73 Å². The van der Waals surface area contributed by atoms with Gasteiger partial charge in [-0.3, -0.25) is 0 Å². The standard InChI is InChI=1S/C18H40NO2P/c1-5-9-13-22(14-10-6-2,15-11-7-3,16-12-8-4)21-18(20)17-19/h5-17,19H2,1-4H3. The van der Waals surface area contributed by atoms with Crippen LogP contribution < -0.4 is 5.73 Å². The monoisotopic (exact) mass is 333 g/mol. The molecule has 0 fully saturated rings. The fourth-order valence-electron chi connectivity index (χ4n) is 3.41. The van der Waals surface area contributed by atoms with Crippen LogP contribution in [0.3, 0.4) is 0 Å². The second-order valence-electron chi connectivity index (χ2n) is 6.83. The van der Waals surface area contributed by atoms with E-state index in [1.54, 1.807) is 0 Å². The van der Waals surface area contributed by atoms with Crippen LogP contribution >= 0.6 is 6.83 Å². The molecule has 0 spiro atoms. The van der Waals surface area contributed by atoms with Crippen LogP contribution in [-0.4, -0.2) is 37.2 Å². The van der Waals surface area contributed by atoms with Crippen LogP contribution in [0.25, 0.3) is 0 Å². The van der Waals surface area contributed by atoms with E-state index in [0.717, 1.165) is 24.6 Å². The summed E-state index contributed by atoms with van der Waals surface area (Å²) in [6.07, 6.45) is 13.8. The molecular weight excluding hydrogens is 293 g/mol. The molecule has 0 heterocycles. The number of nitrogens with two attached hydrogens (primary N) is 1. The molecule has 0 radical (unpaired) electrons. The topological polar surface area (TPSA) is 52.3 Å². The van der Waals surface area contributed by atoms with Gasteiger partial charge in [-0.05, 0) is 0 Å². The van der Waals surface area contributed by atoms with E-state index < -0.39 is 6.83 Å². The molecule has 0 aromatic carbocycles. The van der Waals surface area contributed by atoms with E-state index in [4.69, 9.17) is 10.3 Å². The number of hydrogen-bond donors (Lipinski definition) is 1. The zero-order valence-corrected chi connectivity index (χ0v) is 16.4. The van der Waals surface area contributed by atoms with Crippen molar-refractivity contribution in [3.05, 3.63) is 0 Å². The first-order valence-electron chi connectivity index (χ1n) is 9.45. The van der Waals surface area contributed by atoms with Gasteiger partial charge in [0, 0.05) is 0 Å². The Morgan fingerprint density at radius 3 is 1.32 bits per heavy atom. The van der Waals surface area contributed by atoms with E-state index in [1.807, 2.05) is 0 Å². The average molecular weight is 333 g/mol. The Bertz CT molecular complexity index is 264. The fourth-order valence-corrected chi connectivity index (χ4v) is 10.2. The molecule has 0 saturated heterocycles. The summed E-state index contributed by atoms with van der Waals surface area (Å²) in [6.45, 7) is 6.52. The van der Waals surface area contributed by atoms with E-state index in [1.165, 1.54) is 51.4 Å². The molecule has 0 aromatic heterocycles. The summed E-state index contributed by atoms with van der Waals surface area (Å²) in [4.78, 5) is 12.2. The SMILES string of the molecule is CCCCP(CCCC)(CCCC)(CCCC)OC(=O)CN. The van der Waals surface area contributed by atoms with E-state index in [0.29, 0.717) is 0 Å². The van der Waals surface area contributed by atoms with Crippen molar-refractivity contribution >= 4 is 12.8 Å². The van der Waals surface area contributed by atoms with E-state index in [-0.39, 0.29) is 12.5 Å². The second kappa shape index (κ2) is 11.4. The number of rotatable bonds is 14. The van der Waals surface area contributed by atoms with Gasteiger partial charge in [0.25, 0.3) is 0 Å². The van der Waals surface area contributed by atoms with Gasteiger partial charge in [-0.25, -0.2) is 0 Å². The molecule has 0 amide bonds. The van der Waals surface area contributed by atoms with Crippen molar-refractivity contribution in [2.75, 3.05) is 31.2 Å². The summed E-state index contributed by atoms with van der Waals surface area (Å²) in [5, 5.41) is 0. The predicted molar refractivity (Wildman–Crippen MR) is 101 cm³/mol. The van der Waals surface area contributed by atoms with Gasteiger partial charge in [0.05, 0.1) is 0 Å². The van der Waals surface area contributed by atoms with Gasteiger partial charge in [-0.2, -0.15) is 0 Å². The van der Waals surface area contributed by atoms with Crippen molar-refractivity contribution in [1.29, 1.82) is 0 Å². The Labute approximate surface area is 138 Å². The first-order valence-corrected chi connectivity index (χ1v) is 12.3. The van der Waals surface area contributed by atoms with Crippen molar-refractivity contribution in [2.45, 2.75) is 79.1 Å². The molecule has 4 heteroatoms. The van der Waals surface area contributed by atoms with Gasteiger partial charge in [0.1, 0.15) is 0 Å². The molecule has 0 aliphatic carbocycles. The third-order valence-electron chi connectivity index (χ3n) is 4.84. The predicted octanol–water partition coefficient (Wildman–Crippen LogP) is 5.16. The van der Waals surface area contributed by atoms with Crippen molar-refractivity contribution in [3.63, 3.8) is 0 Å². The normalized spacial score (nSPS) is 13.6. The molecule has 2 N–H and O–H groups in total. The van der Waals surface area contributed by atoms with Crippen molar-refractivity contribution < 1.29 is 9.32 Å². The summed E-state index contributed by atoms with van der Waals surface area (Å²) in [6, 6.07) is 0. The summed E-state index contributed by atoms with van der Waals surface area (Å²) in [5.74, 6) is -0.169.